The van der Waals surface area contributed by atoms with E-state index in [1.165, 1.54) is 0 Å². The highest BCUT2D eigenvalue weighted by atomic mass is 19.4. The van der Waals surface area contributed by atoms with Crippen molar-refractivity contribution in [1.82, 2.24) is 9.55 Å². The summed E-state index contributed by atoms with van der Waals surface area (Å²) in [4.78, 5) is 21.0. The third-order valence-electron chi connectivity index (χ3n) is 4.88. The molecule has 0 spiro atoms. The van der Waals surface area contributed by atoms with E-state index >= 15 is 0 Å². The van der Waals surface area contributed by atoms with Gasteiger partial charge in [-0.1, -0.05) is 12.1 Å². The fourth-order valence-electron chi connectivity index (χ4n) is 3.12. The number of aromatic nitrogens is 2. The zero-order valence-electron chi connectivity index (χ0n) is 16.4. The van der Waals surface area contributed by atoms with E-state index in [-0.39, 0.29) is 18.4 Å². The fourth-order valence-corrected chi connectivity index (χ4v) is 3.12. The number of halogens is 3. The minimum absolute atomic E-state index is 0.00900. The normalized spacial score (nSPS) is 15.3. The Balaban J connectivity index is 1.44. The SMILES string of the molecule is NC(=CC(=Nc1ccc(NC(=O)Cn2cnc3ccccc32)cc1)C1CC1)C(F)(F)F. The van der Waals surface area contributed by atoms with Gasteiger partial charge >= 0.3 is 6.18 Å². The van der Waals surface area contributed by atoms with Gasteiger partial charge < -0.3 is 15.6 Å². The van der Waals surface area contributed by atoms with Gasteiger partial charge in [0.2, 0.25) is 5.91 Å². The molecule has 3 N–H and O–H groups in total. The van der Waals surface area contributed by atoms with E-state index in [4.69, 9.17) is 5.73 Å². The Morgan fingerprint density at radius 2 is 1.90 bits per heavy atom. The molecule has 2 aromatic carbocycles. The number of alkyl halides is 3. The Labute approximate surface area is 176 Å². The van der Waals surface area contributed by atoms with Gasteiger partial charge in [0.25, 0.3) is 0 Å². The largest absolute Gasteiger partial charge is 0.430 e. The second kappa shape index (κ2) is 8.25. The molecule has 1 saturated carbocycles. The molecular formula is C22H20F3N5O. The number of nitrogens with one attached hydrogen (secondary N) is 1. The van der Waals surface area contributed by atoms with Crippen molar-refractivity contribution in [2.75, 3.05) is 5.32 Å². The number of amides is 1. The van der Waals surface area contributed by atoms with E-state index in [2.05, 4.69) is 15.3 Å². The first-order valence-electron chi connectivity index (χ1n) is 9.72. The summed E-state index contributed by atoms with van der Waals surface area (Å²) in [5, 5.41) is 2.80. The maximum absolute atomic E-state index is 12.7. The van der Waals surface area contributed by atoms with E-state index in [0.29, 0.717) is 17.1 Å². The van der Waals surface area contributed by atoms with Crippen LogP contribution >= 0.6 is 0 Å². The predicted octanol–water partition coefficient (Wildman–Crippen LogP) is 4.56. The summed E-state index contributed by atoms with van der Waals surface area (Å²) in [5.74, 6) is -0.232. The van der Waals surface area contributed by atoms with Gasteiger partial charge in [-0.15, -0.1) is 0 Å². The van der Waals surface area contributed by atoms with E-state index in [0.717, 1.165) is 30.0 Å². The number of carbonyl (C=O) groups excluding carboxylic acids is 1. The second-order valence-electron chi connectivity index (χ2n) is 7.36. The minimum Gasteiger partial charge on any atom is -0.395 e. The van der Waals surface area contributed by atoms with Gasteiger partial charge in [0.1, 0.15) is 12.2 Å². The van der Waals surface area contributed by atoms with Crippen LogP contribution in [0.5, 0.6) is 0 Å². The average molecular weight is 427 g/mol. The standard InChI is InChI=1S/C22H20F3N5O/c23-22(24,25)20(26)11-18(14-5-6-14)28-15-7-9-16(10-8-15)29-21(31)12-30-13-27-17-3-1-2-4-19(17)30/h1-4,7-11,13-14H,5-6,12,26H2,(H,29,31). The lowest BCUT2D eigenvalue weighted by Crippen LogP contribution is -2.21. The molecule has 1 aromatic heterocycles. The smallest absolute Gasteiger partial charge is 0.395 e. The average Bonchev–Trinajstić information content (AvgIpc) is 3.50. The van der Waals surface area contributed by atoms with Crippen LogP contribution in [0.1, 0.15) is 12.8 Å². The lowest BCUT2D eigenvalue weighted by Gasteiger charge is -2.08. The number of fused-ring (bicyclic) bond motifs is 1. The van der Waals surface area contributed by atoms with Crippen LogP contribution in [0, 0.1) is 5.92 Å². The molecule has 31 heavy (non-hydrogen) atoms. The second-order valence-corrected chi connectivity index (χ2v) is 7.36. The molecule has 0 bridgehead atoms. The Hall–Kier alpha value is -3.62. The Morgan fingerprint density at radius 1 is 1.19 bits per heavy atom. The molecule has 6 nitrogen and oxygen atoms in total. The summed E-state index contributed by atoms with van der Waals surface area (Å²) < 4.78 is 40.0. The Kier molecular flexibility index (Phi) is 5.50. The van der Waals surface area contributed by atoms with Gasteiger partial charge in [-0.25, -0.2) is 4.98 Å². The highest BCUT2D eigenvalue weighted by Crippen LogP contribution is 2.34. The maximum Gasteiger partial charge on any atom is 0.430 e. The van der Waals surface area contributed by atoms with Crippen LogP contribution in [0.25, 0.3) is 11.0 Å². The zero-order chi connectivity index (χ0) is 22.0. The number of carbonyl (C=O) groups is 1. The molecule has 1 aliphatic carbocycles. The van der Waals surface area contributed by atoms with Crippen LogP contribution < -0.4 is 11.1 Å². The van der Waals surface area contributed by atoms with Crippen molar-refractivity contribution in [3.05, 3.63) is 66.6 Å². The van der Waals surface area contributed by atoms with Crippen LogP contribution in [0.2, 0.25) is 0 Å². The third kappa shape index (κ3) is 5.11. The number of nitrogens with two attached hydrogens (primary N) is 1. The lowest BCUT2D eigenvalue weighted by molar-refractivity contribution is -0.116. The van der Waals surface area contributed by atoms with Gasteiger partial charge in [-0.3, -0.25) is 9.79 Å². The molecule has 160 valence electrons. The number of hydrogen-bond acceptors (Lipinski definition) is 4. The van der Waals surface area contributed by atoms with E-state index in [9.17, 15) is 18.0 Å². The molecule has 0 atom stereocenters. The highest BCUT2D eigenvalue weighted by Gasteiger charge is 2.34. The monoisotopic (exact) mass is 427 g/mol. The number of rotatable bonds is 6. The molecule has 1 amide bonds. The topological polar surface area (TPSA) is 85.3 Å². The van der Waals surface area contributed by atoms with Crippen LogP contribution in [0.15, 0.2) is 71.6 Å². The quantitative estimate of drug-likeness (QED) is 0.566. The molecule has 0 unspecified atom stereocenters. The molecule has 3 aromatic rings. The fraction of sp³-hybridized carbons (Fsp3) is 0.227. The van der Waals surface area contributed by atoms with Crippen LogP contribution in [0.4, 0.5) is 24.5 Å². The lowest BCUT2D eigenvalue weighted by atomic mass is 10.2. The van der Waals surface area contributed by atoms with Crippen molar-refractivity contribution < 1.29 is 18.0 Å². The number of hydrogen-bond donors (Lipinski definition) is 2. The number of aliphatic imine (C=N–C) groups is 1. The number of allylic oxidation sites excluding steroid dienone is 2. The highest BCUT2D eigenvalue weighted by molar-refractivity contribution is 6.00. The number of anilines is 1. The number of para-hydroxylation sites is 2. The minimum atomic E-state index is -4.58. The third-order valence-corrected chi connectivity index (χ3v) is 4.88. The van der Waals surface area contributed by atoms with Gasteiger partial charge in [0, 0.05) is 17.3 Å². The Morgan fingerprint density at radius 3 is 2.58 bits per heavy atom. The molecule has 1 heterocycles. The maximum atomic E-state index is 12.7. The molecule has 0 radical (unpaired) electrons. The van der Waals surface area contributed by atoms with Gasteiger partial charge in [-0.05, 0) is 55.3 Å². The van der Waals surface area contributed by atoms with Crippen molar-refractivity contribution in [1.29, 1.82) is 0 Å². The molecule has 0 aliphatic heterocycles. The summed E-state index contributed by atoms with van der Waals surface area (Å²) in [6.45, 7) is 0.105. The first kappa shape index (κ1) is 20.6. The van der Waals surface area contributed by atoms with Crippen LogP contribution in [-0.4, -0.2) is 27.3 Å². The van der Waals surface area contributed by atoms with Gasteiger partial charge in [0.15, 0.2) is 0 Å². The molecule has 1 fully saturated rings. The summed E-state index contributed by atoms with van der Waals surface area (Å²) in [7, 11) is 0. The van der Waals surface area contributed by atoms with Crippen molar-refractivity contribution in [2.24, 2.45) is 16.6 Å². The van der Waals surface area contributed by atoms with Gasteiger partial charge in [-0.2, -0.15) is 13.2 Å². The Bertz CT molecular complexity index is 1160. The number of imidazole rings is 1. The van der Waals surface area contributed by atoms with E-state index in [1.807, 2.05) is 24.3 Å². The van der Waals surface area contributed by atoms with Crippen molar-refractivity contribution in [2.45, 2.75) is 25.6 Å². The number of benzene rings is 2. The van der Waals surface area contributed by atoms with Crippen LogP contribution in [0.3, 0.4) is 0 Å². The molecule has 1 aliphatic rings. The first-order valence-corrected chi connectivity index (χ1v) is 9.72. The van der Waals surface area contributed by atoms with Crippen LogP contribution in [-0.2, 0) is 11.3 Å². The summed E-state index contributed by atoms with van der Waals surface area (Å²) in [5.41, 5.74) is 7.03. The van der Waals surface area contributed by atoms with Crippen molar-refractivity contribution in [3.8, 4) is 0 Å². The number of nitrogens with zero attached hydrogens (tertiary/aromatic N) is 3. The van der Waals surface area contributed by atoms with E-state index in [1.54, 1.807) is 35.2 Å². The predicted molar refractivity (Wildman–Crippen MR) is 113 cm³/mol. The molecular weight excluding hydrogens is 407 g/mol. The summed E-state index contributed by atoms with van der Waals surface area (Å²) in [6.07, 6.45) is -0.482. The molecule has 9 heteroatoms. The first-order chi connectivity index (χ1) is 14.8. The van der Waals surface area contributed by atoms with E-state index < -0.39 is 11.9 Å². The summed E-state index contributed by atoms with van der Waals surface area (Å²) >= 11 is 0. The van der Waals surface area contributed by atoms with Gasteiger partial charge in [0.05, 0.1) is 23.0 Å². The van der Waals surface area contributed by atoms with Crippen molar-refractivity contribution in [3.63, 3.8) is 0 Å². The molecule has 4 rings (SSSR count). The van der Waals surface area contributed by atoms with Crippen molar-refractivity contribution >= 4 is 34.0 Å². The molecule has 0 saturated heterocycles. The summed E-state index contributed by atoms with van der Waals surface area (Å²) in [6, 6.07) is 14.1. The zero-order valence-corrected chi connectivity index (χ0v) is 16.4.